The summed E-state index contributed by atoms with van der Waals surface area (Å²) in [6.45, 7) is 7.41. The fraction of sp³-hybridized carbons (Fsp3) is 0.200. The number of benzene rings is 1. The van der Waals surface area contributed by atoms with Crippen molar-refractivity contribution in [3.8, 4) is 0 Å². The summed E-state index contributed by atoms with van der Waals surface area (Å²) in [5, 5.41) is 11.6. The molecule has 1 aliphatic heterocycles. The molecule has 1 unspecified atom stereocenters. The molecule has 1 aromatic carbocycles. The van der Waals surface area contributed by atoms with Crippen molar-refractivity contribution < 1.29 is 9.59 Å². The first-order valence-corrected chi connectivity index (χ1v) is 7.53. The Balaban J connectivity index is 1.81. The van der Waals surface area contributed by atoms with E-state index >= 15 is 0 Å². The predicted molar refractivity (Wildman–Crippen MR) is 84.4 cm³/mol. The van der Waals surface area contributed by atoms with Gasteiger partial charge in [0, 0.05) is 16.8 Å². The Morgan fingerprint density at radius 2 is 2.00 bits per heavy atom. The summed E-state index contributed by atoms with van der Waals surface area (Å²) in [5.41, 5.74) is 1.87. The highest BCUT2D eigenvalue weighted by Crippen LogP contribution is 2.33. The first kappa shape index (κ1) is 14.4. The Hall–Kier alpha value is -2.54. The Bertz CT molecular complexity index is 748. The Labute approximate surface area is 131 Å². The van der Waals surface area contributed by atoms with E-state index in [4.69, 9.17) is 0 Å². The Kier molecular flexibility index (Phi) is 3.50. The number of nitrogens with zero attached hydrogens (tertiary/aromatic N) is 3. The van der Waals surface area contributed by atoms with Crippen molar-refractivity contribution >= 4 is 34.0 Å². The van der Waals surface area contributed by atoms with E-state index < -0.39 is 6.04 Å². The van der Waals surface area contributed by atoms with E-state index in [1.807, 2.05) is 12.1 Å². The van der Waals surface area contributed by atoms with Crippen molar-refractivity contribution in [3.05, 3.63) is 47.0 Å². The molecular formula is C15H14N4O2S. The van der Waals surface area contributed by atoms with Crippen molar-refractivity contribution in [2.75, 3.05) is 5.32 Å². The molecule has 7 heteroatoms. The van der Waals surface area contributed by atoms with Gasteiger partial charge in [-0.3, -0.25) is 19.8 Å². The van der Waals surface area contributed by atoms with Gasteiger partial charge in [-0.2, -0.15) is 0 Å². The maximum absolute atomic E-state index is 12.5. The van der Waals surface area contributed by atoms with Gasteiger partial charge in [-0.05, 0) is 19.9 Å². The second-order valence-electron chi connectivity index (χ2n) is 4.96. The molecule has 1 N–H and O–H groups in total. The molecule has 2 heterocycles. The Morgan fingerprint density at radius 1 is 1.32 bits per heavy atom. The van der Waals surface area contributed by atoms with Crippen LogP contribution in [0.3, 0.4) is 0 Å². The predicted octanol–water partition coefficient (Wildman–Crippen LogP) is 2.30. The number of aromatic nitrogens is 2. The van der Waals surface area contributed by atoms with Gasteiger partial charge in [0.15, 0.2) is 0 Å². The summed E-state index contributed by atoms with van der Waals surface area (Å²) in [6.07, 6.45) is 0. The van der Waals surface area contributed by atoms with Gasteiger partial charge in [0.2, 0.25) is 11.0 Å². The average Bonchev–Trinajstić information content (AvgIpc) is 3.01. The number of hydrogen-bond acceptors (Lipinski definition) is 5. The lowest BCUT2D eigenvalue weighted by Gasteiger charge is -2.24. The first-order chi connectivity index (χ1) is 10.5. The minimum atomic E-state index is -0.684. The number of anilines is 1. The van der Waals surface area contributed by atoms with E-state index in [1.165, 1.54) is 16.2 Å². The number of hydrogen-bond donors (Lipinski definition) is 1. The largest absolute Gasteiger partial charge is 0.299 e. The molecule has 1 atom stereocenters. The zero-order valence-electron chi connectivity index (χ0n) is 12.2. The Morgan fingerprint density at radius 3 is 2.59 bits per heavy atom. The zero-order chi connectivity index (χ0) is 15.9. The normalized spacial score (nSPS) is 14.9. The highest BCUT2D eigenvalue weighted by molar-refractivity contribution is 7.15. The number of fused-ring (bicyclic) bond motifs is 1. The van der Waals surface area contributed by atoms with Crippen LogP contribution in [0.25, 0.3) is 5.70 Å². The lowest BCUT2D eigenvalue weighted by atomic mass is 10.1. The molecule has 2 aromatic rings. The van der Waals surface area contributed by atoms with Crippen LogP contribution in [0.15, 0.2) is 30.8 Å². The van der Waals surface area contributed by atoms with Crippen molar-refractivity contribution in [1.29, 1.82) is 0 Å². The topological polar surface area (TPSA) is 75.2 Å². The molecule has 0 saturated heterocycles. The van der Waals surface area contributed by atoms with E-state index in [-0.39, 0.29) is 11.8 Å². The number of amides is 2. The third-order valence-corrected chi connectivity index (χ3v) is 4.25. The number of rotatable bonds is 3. The van der Waals surface area contributed by atoms with Crippen molar-refractivity contribution in [2.24, 2.45) is 0 Å². The van der Waals surface area contributed by atoms with Crippen molar-refractivity contribution in [3.63, 3.8) is 0 Å². The standard InChI is InChI=1S/C15H14N4O2S/c1-8-11-6-4-5-7-12(11)14(21)19(8)9(2)13(20)16-15-18-17-10(3)22-15/h4-7,9H,1H2,2-3H3,(H,16,18,20). The second kappa shape index (κ2) is 5.34. The van der Waals surface area contributed by atoms with Gasteiger partial charge in [-0.25, -0.2) is 0 Å². The molecular weight excluding hydrogens is 300 g/mol. The molecule has 3 rings (SSSR count). The van der Waals surface area contributed by atoms with Gasteiger partial charge in [-0.1, -0.05) is 36.1 Å². The monoisotopic (exact) mass is 314 g/mol. The van der Waals surface area contributed by atoms with Crippen LogP contribution in [-0.4, -0.2) is 33.0 Å². The summed E-state index contributed by atoms with van der Waals surface area (Å²) in [4.78, 5) is 26.2. The first-order valence-electron chi connectivity index (χ1n) is 6.72. The van der Waals surface area contributed by atoms with Gasteiger partial charge in [0.05, 0.1) is 0 Å². The lowest BCUT2D eigenvalue weighted by molar-refractivity contribution is -0.119. The fourth-order valence-electron chi connectivity index (χ4n) is 2.39. The summed E-state index contributed by atoms with van der Waals surface area (Å²) >= 11 is 1.28. The second-order valence-corrected chi connectivity index (χ2v) is 6.14. The molecule has 6 nitrogen and oxygen atoms in total. The van der Waals surface area contributed by atoms with Crippen LogP contribution in [0.2, 0.25) is 0 Å². The summed E-state index contributed by atoms with van der Waals surface area (Å²) in [7, 11) is 0. The zero-order valence-corrected chi connectivity index (χ0v) is 13.0. The van der Waals surface area contributed by atoms with Gasteiger partial charge >= 0.3 is 0 Å². The summed E-state index contributed by atoms with van der Waals surface area (Å²) < 4.78 is 0. The summed E-state index contributed by atoms with van der Waals surface area (Å²) in [5.74, 6) is -0.532. The third-order valence-electron chi connectivity index (χ3n) is 3.50. The van der Waals surface area contributed by atoms with Gasteiger partial charge in [0.25, 0.3) is 5.91 Å². The van der Waals surface area contributed by atoms with Crippen LogP contribution in [0.4, 0.5) is 5.13 Å². The van der Waals surface area contributed by atoms with Gasteiger partial charge < -0.3 is 0 Å². The van der Waals surface area contributed by atoms with Gasteiger partial charge in [0.1, 0.15) is 11.0 Å². The van der Waals surface area contributed by atoms with Crippen LogP contribution in [0.5, 0.6) is 0 Å². The highest BCUT2D eigenvalue weighted by atomic mass is 32.1. The molecule has 2 amide bonds. The molecule has 1 aliphatic rings. The number of aryl methyl sites for hydroxylation is 1. The quantitative estimate of drug-likeness (QED) is 0.943. The number of carbonyl (C=O) groups is 2. The minimum absolute atomic E-state index is 0.211. The molecule has 0 fully saturated rings. The van der Waals surface area contributed by atoms with Crippen LogP contribution >= 0.6 is 11.3 Å². The van der Waals surface area contributed by atoms with E-state index in [0.29, 0.717) is 16.4 Å². The number of nitrogens with one attached hydrogen (secondary N) is 1. The lowest BCUT2D eigenvalue weighted by Crippen LogP contribution is -2.41. The molecule has 0 bridgehead atoms. The molecule has 0 saturated carbocycles. The van der Waals surface area contributed by atoms with Crippen LogP contribution in [0.1, 0.15) is 27.9 Å². The van der Waals surface area contributed by atoms with Crippen LogP contribution in [-0.2, 0) is 4.79 Å². The van der Waals surface area contributed by atoms with Crippen LogP contribution in [0, 0.1) is 6.92 Å². The molecule has 0 aliphatic carbocycles. The van der Waals surface area contributed by atoms with Crippen LogP contribution < -0.4 is 5.32 Å². The highest BCUT2D eigenvalue weighted by Gasteiger charge is 2.36. The third kappa shape index (κ3) is 2.29. The van der Waals surface area contributed by atoms with Crippen molar-refractivity contribution in [1.82, 2.24) is 15.1 Å². The smallest absolute Gasteiger partial charge is 0.259 e. The molecule has 112 valence electrons. The van der Waals surface area contributed by atoms with Gasteiger partial charge in [-0.15, -0.1) is 10.2 Å². The SMILES string of the molecule is C=C1c2ccccc2C(=O)N1C(C)C(=O)Nc1nnc(C)s1. The van der Waals surface area contributed by atoms with E-state index in [1.54, 1.807) is 26.0 Å². The van der Waals surface area contributed by atoms with E-state index in [2.05, 4.69) is 22.1 Å². The molecule has 0 radical (unpaired) electrons. The van der Waals surface area contributed by atoms with E-state index in [0.717, 1.165) is 10.6 Å². The minimum Gasteiger partial charge on any atom is -0.299 e. The number of carbonyl (C=O) groups excluding carboxylic acids is 2. The van der Waals surface area contributed by atoms with Crippen molar-refractivity contribution in [2.45, 2.75) is 19.9 Å². The average molecular weight is 314 g/mol. The fourth-order valence-corrected chi connectivity index (χ4v) is 2.98. The molecule has 0 spiro atoms. The maximum Gasteiger partial charge on any atom is 0.259 e. The summed E-state index contributed by atoms with van der Waals surface area (Å²) in [6, 6.07) is 6.52. The maximum atomic E-state index is 12.5. The van der Waals surface area contributed by atoms with E-state index in [9.17, 15) is 9.59 Å². The molecule has 22 heavy (non-hydrogen) atoms. The molecule has 1 aromatic heterocycles.